The Hall–Kier alpha value is -2.28. The van der Waals surface area contributed by atoms with Crippen LogP contribution >= 0.6 is 0 Å². The average Bonchev–Trinajstić information content (AvgIpc) is 2.92. The van der Waals surface area contributed by atoms with E-state index in [4.69, 9.17) is 14.2 Å². The first-order valence-corrected chi connectivity index (χ1v) is 6.45. The SMILES string of the molecule is COCC(=O)O[C@@H](C)C(=O)NCc1ccc2c(c1)OCO2. The van der Waals surface area contributed by atoms with Gasteiger partial charge >= 0.3 is 5.97 Å². The van der Waals surface area contributed by atoms with Gasteiger partial charge in [0.15, 0.2) is 17.6 Å². The second-order valence-corrected chi connectivity index (χ2v) is 4.47. The fourth-order valence-electron chi connectivity index (χ4n) is 1.79. The van der Waals surface area contributed by atoms with Gasteiger partial charge in [0.1, 0.15) is 6.61 Å². The van der Waals surface area contributed by atoms with Crippen molar-refractivity contribution < 1.29 is 28.5 Å². The number of carbonyl (C=O) groups excluding carboxylic acids is 2. The Kier molecular flexibility index (Phi) is 4.99. The minimum atomic E-state index is -0.873. The molecule has 7 heteroatoms. The smallest absolute Gasteiger partial charge is 0.332 e. The molecule has 21 heavy (non-hydrogen) atoms. The number of hydrogen-bond donors (Lipinski definition) is 1. The molecule has 2 rings (SSSR count). The van der Waals surface area contributed by atoms with Crippen LogP contribution in [0.4, 0.5) is 0 Å². The van der Waals surface area contributed by atoms with Crippen LogP contribution in [-0.2, 0) is 25.6 Å². The molecule has 1 heterocycles. The summed E-state index contributed by atoms with van der Waals surface area (Å²) < 4.78 is 20.0. The van der Waals surface area contributed by atoms with E-state index in [0.717, 1.165) is 5.56 Å². The van der Waals surface area contributed by atoms with Gasteiger partial charge in [-0.05, 0) is 24.6 Å². The van der Waals surface area contributed by atoms with E-state index >= 15 is 0 Å². The largest absolute Gasteiger partial charge is 0.454 e. The van der Waals surface area contributed by atoms with E-state index in [1.165, 1.54) is 14.0 Å². The van der Waals surface area contributed by atoms with Crippen molar-refractivity contribution in [2.24, 2.45) is 0 Å². The summed E-state index contributed by atoms with van der Waals surface area (Å²) in [4.78, 5) is 23.0. The molecule has 114 valence electrons. The summed E-state index contributed by atoms with van der Waals surface area (Å²) in [5.74, 6) is 0.383. The van der Waals surface area contributed by atoms with Gasteiger partial charge in [-0.25, -0.2) is 4.79 Å². The Balaban J connectivity index is 1.82. The van der Waals surface area contributed by atoms with Gasteiger partial charge in [-0.2, -0.15) is 0 Å². The van der Waals surface area contributed by atoms with E-state index < -0.39 is 12.1 Å². The molecule has 0 aromatic heterocycles. The fraction of sp³-hybridized carbons (Fsp3) is 0.429. The van der Waals surface area contributed by atoms with Gasteiger partial charge in [-0.3, -0.25) is 4.79 Å². The molecule has 0 saturated carbocycles. The summed E-state index contributed by atoms with van der Waals surface area (Å²) in [5.41, 5.74) is 0.864. The Morgan fingerprint density at radius 1 is 1.33 bits per heavy atom. The molecule has 1 aliphatic rings. The maximum Gasteiger partial charge on any atom is 0.332 e. The third kappa shape index (κ3) is 4.09. The van der Waals surface area contributed by atoms with Crippen LogP contribution < -0.4 is 14.8 Å². The third-order valence-corrected chi connectivity index (χ3v) is 2.84. The molecule has 0 fully saturated rings. The van der Waals surface area contributed by atoms with Crippen LogP contribution in [-0.4, -0.2) is 38.5 Å². The van der Waals surface area contributed by atoms with E-state index in [0.29, 0.717) is 18.0 Å². The van der Waals surface area contributed by atoms with Crippen LogP contribution in [0, 0.1) is 0 Å². The van der Waals surface area contributed by atoms with Gasteiger partial charge in [0.25, 0.3) is 5.91 Å². The number of carbonyl (C=O) groups is 2. The molecule has 1 aliphatic heterocycles. The number of esters is 1. The summed E-state index contributed by atoms with van der Waals surface area (Å²) in [5, 5.41) is 2.68. The van der Waals surface area contributed by atoms with Crippen LogP contribution in [0.5, 0.6) is 11.5 Å². The van der Waals surface area contributed by atoms with E-state index in [1.54, 1.807) is 12.1 Å². The lowest BCUT2D eigenvalue weighted by Crippen LogP contribution is -2.36. The standard InChI is InChI=1S/C14H17NO6/c1-9(21-13(16)7-18-2)14(17)15-6-10-3-4-11-12(5-10)20-8-19-11/h3-5,9H,6-8H2,1-2H3,(H,15,17)/t9-/m0/s1. The maximum atomic E-state index is 11.8. The highest BCUT2D eigenvalue weighted by Gasteiger charge is 2.18. The molecule has 1 aromatic carbocycles. The molecule has 7 nitrogen and oxygen atoms in total. The quantitative estimate of drug-likeness (QED) is 0.774. The first-order chi connectivity index (χ1) is 10.1. The first-order valence-electron chi connectivity index (χ1n) is 6.45. The van der Waals surface area contributed by atoms with Crippen molar-refractivity contribution in [3.63, 3.8) is 0 Å². The summed E-state index contributed by atoms with van der Waals surface area (Å²) in [6, 6.07) is 5.41. The zero-order chi connectivity index (χ0) is 15.2. The molecule has 0 bridgehead atoms. The van der Waals surface area contributed by atoms with Crippen molar-refractivity contribution in [1.82, 2.24) is 5.32 Å². The lowest BCUT2D eigenvalue weighted by Gasteiger charge is -2.13. The van der Waals surface area contributed by atoms with Crippen molar-refractivity contribution in [2.45, 2.75) is 19.6 Å². The molecule has 0 radical (unpaired) electrons. The Bertz CT molecular complexity index is 530. The normalized spacial score (nSPS) is 13.6. The van der Waals surface area contributed by atoms with Gasteiger partial charge in [0.2, 0.25) is 6.79 Å². The van der Waals surface area contributed by atoms with Crippen molar-refractivity contribution in [1.29, 1.82) is 0 Å². The lowest BCUT2D eigenvalue weighted by molar-refractivity contribution is -0.158. The number of ether oxygens (including phenoxy) is 4. The molecule has 0 saturated heterocycles. The van der Waals surface area contributed by atoms with Gasteiger partial charge < -0.3 is 24.3 Å². The van der Waals surface area contributed by atoms with Crippen molar-refractivity contribution in [3.05, 3.63) is 23.8 Å². The van der Waals surface area contributed by atoms with E-state index in [2.05, 4.69) is 10.1 Å². The van der Waals surface area contributed by atoms with Crippen molar-refractivity contribution in [2.75, 3.05) is 20.5 Å². The summed E-state index contributed by atoms with van der Waals surface area (Å²) in [6.45, 7) is 1.83. The summed E-state index contributed by atoms with van der Waals surface area (Å²) >= 11 is 0. The Morgan fingerprint density at radius 2 is 2.10 bits per heavy atom. The van der Waals surface area contributed by atoms with Crippen LogP contribution in [0.1, 0.15) is 12.5 Å². The zero-order valence-corrected chi connectivity index (χ0v) is 11.9. The highest BCUT2D eigenvalue weighted by atomic mass is 16.7. The number of nitrogens with one attached hydrogen (secondary N) is 1. The summed E-state index contributed by atoms with van der Waals surface area (Å²) in [7, 11) is 1.38. The molecular formula is C14H17NO6. The van der Waals surface area contributed by atoms with Gasteiger partial charge in [-0.15, -0.1) is 0 Å². The van der Waals surface area contributed by atoms with Crippen molar-refractivity contribution >= 4 is 11.9 Å². The molecular weight excluding hydrogens is 278 g/mol. The number of rotatable bonds is 6. The highest BCUT2D eigenvalue weighted by molar-refractivity contribution is 5.83. The number of hydrogen-bond acceptors (Lipinski definition) is 6. The fourth-order valence-corrected chi connectivity index (χ4v) is 1.79. The minimum absolute atomic E-state index is 0.181. The van der Waals surface area contributed by atoms with E-state index in [1.807, 2.05) is 6.07 Å². The van der Waals surface area contributed by atoms with Crippen LogP contribution in [0.3, 0.4) is 0 Å². The highest BCUT2D eigenvalue weighted by Crippen LogP contribution is 2.32. The van der Waals surface area contributed by atoms with Crippen LogP contribution in [0.25, 0.3) is 0 Å². The zero-order valence-electron chi connectivity index (χ0n) is 11.9. The van der Waals surface area contributed by atoms with Gasteiger partial charge in [0, 0.05) is 13.7 Å². The topological polar surface area (TPSA) is 83.1 Å². The number of benzene rings is 1. The molecule has 0 unspecified atom stereocenters. The monoisotopic (exact) mass is 295 g/mol. The number of methoxy groups -OCH3 is 1. The predicted molar refractivity (Wildman–Crippen MR) is 71.8 cm³/mol. The Morgan fingerprint density at radius 3 is 2.86 bits per heavy atom. The predicted octanol–water partition coefficient (Wildman–Crippen LogP) is 0.610. The molecule has 0 aliphatic carbocycles. The van der Waals surface area contributed by atoms with Gasteiger partial charge in [-0.1, -0.05) is 6.07 Å². The molecule has 1 aromatic rings. The number of fused-ring (bicyclic) bond motifs is 1. The maximum absolute atomic E-state index is 11.8. The van der Waals surface area contributed by atoms with Gasteiger partial charge in [0.05, 0.1) is 0 Å². The van der Waals surface area contributed by atoms with Crippen LogP contribution in [0.2, 0.25) is 0 Å². The van der Waals surface area contributed by atoms with E-state index in [-0.39, 0.29) is 19.3 Å². The molecule has 0 spiro atoms. The second kappa shape index (κ2) is 6.94. The minimum Gasteiger partial charge on any atom is -0.454 e. The van der Waals surface area contributed by atoms with E-state index in [9.17, 15) is 9.59 Å². The first kappa shape index (κ1) is 15.1. The Labute approximate surface area is 122 Å². The van der Waals surface area contributed by atoms with Crippen LogP contribution in [0.15, 0.2) is 18.2 Å². The molecule has 1 N–H and O–H groups in total. The average molecular weight is 295 g/mol. The number of amides is 1. The lowest BCUT2D eigenvalue weighted by atomic mass is 10.2. The molecule has 1 atom stereocenters. The third-order valence-electron chi connectivity index (χ3n) is 2.84. The second-order valence-electron chi connectivity index (χ2n) is 4.47. The van der Waals surface area contributed by atoms with Crippen molar-refractivity contribution in [3.8, 4) is 11.5 Å². The molecule has 1 amide bonds. The summed E-state index contributed by atoms with van der Waals surface area (Å²) in [6.07, 6.45) is -0.873.